The summed E-state index contributed by atoms with van der Waals surface area (Å²) in [4.78, 5) is 1.15. The largest absolute Gasteiger partial charge is 0.484 e. The van der Waals surface area contributed by atoms with E-state index >= 15 is 0 Å². The molecule has 3 heteroatoms. The minimum absolute atomic E-state index is 0.0918. The highest BCUT2D eigenvalue weighted by atomic mass is 32.1. The fraction of sp³-hybridized carbons (Fsp3) is 0.176. The van der Waals surface area contributed by atoms with Crippen molar-refractivity contribution in [1.82, 2.24) is 0 Å². The van der Waals surface area contributed by atoms with Crippen molar-refractivity contribution in [2.45, 2.75) is 12.5 Å². The molecule has 0 aliphatic heterocycles. The summed E-state index contributed by atoms with van der Waals surface area (Å²) >= 11 is 1.66. The first-order chi connectivity index (χ1) is 9.88. The molecule has 1 heterocycles. The van der Waals surface area contributed by atoms with Gasteiger partial charge in [-0.25, -0.2) is 0 Å². The Bertz CT molecular complexity index is 671. The van der Waals surface area contributed by atoms with E-state index in [-0.39, 0.29) is 12.7 Å². The molecule has 0 amide bonds. The number of fused-ring (bicyclic) bond motifs is 1. The number of rotatable bonds is 5. The third-order valence-corrected chi connectivity index (χ3v) is 4.24. The van der Waals surface area contributed by atoms with Gasteiger partial charge in [-0.15, -0.1) is 11.3 Å². The number of aliphatic hydroxyl groups is 1. The SMILES string of the molecule is OCCC(Oc1cccc2ccccc12)c1cccs1. The van der Waals surface area contributed by atoms with Gasteiger partial charge >= 0.3 is 0 Å². The van der Waals surface area contributed by atoms with Gasteiger partial charge in [0.1, 0.15) is 11.9 Å². The zero-order chi connectivity index (χ0) is 13.8. The topological polar surface area (TPSA) is 29.5 Å². The minimum atomic E-state index is -0.0918. The molecule has 3 aromatic rings. The van der Waals surface area contributed by atoms with Crippen LogP contribution in [0.15, 0.2) is 60.0 Å². The maximum atomic E-state index is 9.25. The zero-order valence-electron chi connectivity index (χ0n) is 11.0. The van der Waals surface area contributed by atoms with Crippen LogP contribution in [-0.4, -0.2) is 11.7 Å². The summed E-state index contributed by atoms with van der Waals surface area (Å²) in [5.41, 5.74) is 0. The second-order valence-electron chi connectivity index (χ2n) is 4.61. The van der Waals surface area contributed by atoms with Crippen LogP contribution in [0.25, 0.3) is 10.8 Å². The van der Waals surface area contributed by atoms with Crippen LogP contribution in [0.2, 0.25) is 0 Å². The predicted molar refractivity (Wildman–Crippen MR) is 83.3 cm³/mol. The molecule has 0 bridgehead atoms. The van der Waals surface area contributed by atoms with Crippen LogP contribution >= 0.6 is 11.3 Å². The van der Waals surface area contributed by atoms with E-state index in [1.165, 1.54) is 5.39 Å². The van der Waals surface area contributed by atoms with Crippen molar-refractivity contribution in [2.24, 2.45) is 0 Å². The van der Waals surface area contributed by atoms with Crippen molar-refractivity contribution in [2.75, 3.05) is 6.61 Å². The Labute approximate surface area is 122 Å². The Morgan fingerprint density at radius 3 is 2.65 bits per heavy atom. The first kappa shape index (κ1) is 13.2. The van der Waals surface area contributed by atoms with Crippen molar-refractivity contribution in [3.63, 3.8) is 0 Å². The van der Waals surface area contributed by atoms with E-state index in [1.54, 1.807) is 11.3 Å². The maximum Gasteiger partial charge on any atom is 0.135 e. The molecule has 0 aliphatic rings. The molecule has 20 heavy (non-hydrogen) atoms. The summed E-state index contributed by atoms with van der Waals surface area (Å²) in [6, 6.07) is 18.3. The molecule has 102 valence electrons. The third kappa shape index (κ3) is 2.69. The van der Waals surface area contributed by atoms with Gasteiger partial charge in [0.05, 0.1) is 0 Å². The van der Waals surface area contributed by atoms with Gasteiger partial charge in [-0.1, -0.05) is 42.5 Å². The number of hydrogen-bond acceptors (Lipinski definition) is 3. The van der Waals surface area contributed by atoms with Crippen molar-refractivity contribution >= 4 is 22.1 Å². The lowest BCUT2D eigenvalue weighted by atomic mass is 10.1. The van der Waals surface area contributed by atoms with Crippen LogP contribution in [0.4, 0.5) is 0 Å². The van der Waals surface area contributed by atoms with Crippen molar-refractivity contribution in [3.8, 4) is 5.75 Å². The first-order valence-electron chi connectivity index (χ1n) is 6.67. The van der Waals surface area contributed by atoms with E-state index < -0.39 is 0 Å². The Balaban J connectivity index is 1.94. The van der Waals surface area contributed by atoms with Crippen LogP contribution in [0.5, 0.6) is 5.75 Å². The molecule has 0 spiro atoms. The predicted octanol–water partition coefficient (Wildman–Crippen LogP) is 4.40. The lowest BCUT2D eigenvalue weighted by molar-refractivity contribution is 0.160. The lowest BCUT2D eigenvalue weighted by Gasteiger charge is -2.18. The second-order valence-corrected chi connectivity index (χ2v) is 5.59. The molecule has 0 radical (unpaired) electrons. The maximum absolute atomic E-state index is 9.25. The molecule has 0 saturated heterocycles. The van der Waals surface area contributed by atoms with E-state index in [0.29, 0.717) is 6.42 Å². The molecular formula is C17H16O2S. The number of benzene rings is 2. The number of hydrogen-bond donors (Lipinski definition) is 1. The van der Waals surface area contributed by atoms with E-state index in [4.69, 9.17) is 4.74 Å². The Morgan fingerprint density at radius 1 is 1.00 bits per heavy atom. The van der Waals surface area contributed by atoms with Gasteiger partial charge in [0, 0.05) is 23.3 Å². The Hall–Kier alpha value is -1.84. The standard InChI is InChI=1S/C17H16O2S/c18-11-10-16(17-9-4-12-20-17)19-15-8-3-6-13-5-1-2-7-14(13)15/h1-9,12,16,18H,10-11H2. The van der Waals surface area contributed by atoms with Gasteiger partial charge in [-0.3, -0.25) is 0 Å². The van der Waals surface area contributed by atoms with Gasteiger partial charge in [0.25, 0.3) is 0 Å². The molecule has 0 saturated carbocycles. The highest BCUT2D eigenvalue weighted by molar-refractivity contribution is 7.10. The molecule has 1 unspecified atom stereocenters. The summed E-state index contributed by atoms with van der Waals surface area (Å²) in [6.07, 6.45) is 0.509. The monoisotopic (exact) mass is 284 g/mol. The van der Waals surface area contributed by atoms with Gasteiger partial charge in [0.2, 0.25) is 0 Å². The molecule has 2 nitrogen and oxygen atoms in total. The smallest absolute Gasteiger partial charge is 0.135 e. The molecule has 0 fully saturated rings. The van der Waals surface area contributed by atoms with Crippen LogP contribution in [-0.2, 0) is 0 Å². The summed E-state index contributed by atoms with van der Waals surface area (Å²) in [5, 5.41) is 13.6. The van der Waals surface area contributed by atoms with Gasteiger partial charge in [0.15, 0.2) is 0 Å². The lowest BCUT2D eigenvalue weighted by Crippen LogP contribution is -2.08. The fourth-order valence-electron chi connectivity index (χ4n) is 2.30. The summed E-state index contributed by atoms with van der Waals surface area (Å²) in [6.45, 7) is 0.118. The quantitative estimate of drug-likeness (QED) is 0.752. The Kier molecular flexibility index (Phi) is 4.00. The summed E-state index contributed by atoms with van der Waals surface area (Å²) < 4.78 is 6.16. The molecule has 1 N–H and O–H groups in total. The number of thiophene rings is 1. The average Bonchev–Trinajstić information content (AvgIpc) is 3.01. The minimum Gasteiger partial charge on any atom is -0.484 e. The van der Waals surface area contributed by atoms with Gasteiger partial charge < -0.3 is 9.84 Å². The van der Waals surface area contributed by atoms with Crippen molar-refractivity contribution < 1.29 is 9.84 Å². The summed E-state index contributed by atoms with van der Waals surface area (Å²) in [7, 11) is 0. The Morgan fingerprint density at radius 2 is 1.85 bits per heavy atom. The highest BCUT2D eigenvalue weighted by Crippen LogP contribution is 2.32. The fourth-order valence-corrected chi connectivity index (χ4v) is 3.09. The van der Waals surface area contributed by atoms with E-state index in [0.717, 1.165) is 16.0 Å². The molecule has 0 aliphatic carbocycles. The molecule has 2 aromatic carbocycles. The number of aliphatic hydroxyl groups excluding tert-OH is 1. The average molecular weight is 284 g/mol. The van der Waals surface area contributed by atoms with Crippen molar-refractivity contribution in [1.29, 1.82) is 0 Å². The van der Waals surface area contributed by atoms with Crippen LogP contribution in [0, 0.1) is 0 Å². The van der Waals surface area contributed by atoms with Gasteiger partial charge in [-0.2, -0.15) is 0 Å². The second kappa shape index (κ2) is 6.07. The van der Waals surface area contributed by atoms with Crippen LogP contribution < -0.4 is 4.74 Å². The van der Waals surface area contributed by atoms with Crippen molar-refractivity contribution in [3.05, 3.63) is 64.9 Å². The normalized spacial score (nSPS) is 12.4. The van der Waals surface area contributed by atoms with Crippen LogP contribution in [0.3, 0.4) is 0 Å². The van der Waals surface area contributed by atoms with Crippen LogP contribution in [0.1, 0.15) is 17.4 Å². The molecular weight excluding hydrogens is 268 g/mol. The highest BCUT2D eigenvalue weighted by Gasteiger charge is 2.15. The van der Waals surface area contributed by atoms with E-state index in [2.05, 4.69) is 24.3 Å². The third-order valence-electron chi connectivity index (χ3n) is 3.27. The molecule has 3 rings (SSSR count). The first-order valence-corrected chi connectivity index (χ1v) is 7.55. The van der Waals surface area contributed by atoms with E-state index in [9.17, 15) is 5.11 Å². The summed E-state index contributed by atoms with van der Waals surface area (Å²) in [5.74, 6) is 0.870. The van der Waals surface area contributed by atoms with Gasteiger partial charge in [-0.05, 0) is 22.9 Å². The zero-order valence-corrected chi connectivity index (χ0v) is 11.8. The molecule has 1 aromatic heterocycles. The van der Waals surface area contributed by atoms with E-state index in [1.807, 2.05) is 35.7 Å². The molecule has 1 atom stereocenters. The number of ether oxygens (including phenoxy) is 1.